The summed E-state index contributed by atoms with van der Waals surface area (Å²) >= 11 is 0. The highest BCUT2D eigenvalue weighted by Gasteiger charge is 2.32. The van der Waals surface area contributed by atoms with Crippen LogP contribution >= 0.6 is 0 Å². The lowest BCUT2D eigenvalue weighted by molar-refractivity contribution is -0.144. The third kappa shape index (κ3) is 3.83. The number of hydrogen-bond acceptors (Lipinski definition) is 3. The van der Waals surface area contributed by atoms with Crippen molar-refractivity contribution in [3.05, 3.63) is 18.2 Å². The van der Waals surface area contributed by atoms with Crippen LogP contribution in [0.3, 0.4) is 0 Å². The molecule has 0 saturated carbocycles. The predicted molar refractivity (Wildman–Crippen MR) is 79.5 cm³/mol. The molecule has 0 aromatic carbocycles. The number of aromatic nitrogens is 2. The smallest absolute Gasteiger partial charge is 0.234 e. The van der Waals surface area contributed by atoms with E-state index in [1.165, 1.54) is 0 Å². The highest BCUT2D eigenvalue weighted by molar-refractivity contribution is 6.00. The van der Waals surface area contributed by atoms with Gasteiger partial charge in [-0.1, -0.05) is 6.92 Å². The van der Waals surface area contributed by atoms with Crippen LogP contribution < -0.4 is 5.32 Å². The summed E-state index contributed by atoms with van der Waals surface area (Å²) < 4.78 is 2.07. The molecule has 0 aliphatic carbocycles. The van der Waals surface area contributed by atoms with Gasteiger partial charge >= 0.3 is 0 Å². The molecule has 2 heterocycles. The van der Waals surface area contributed by atoms with E-state index < -0.39 is 5.92 Å². The molecule has 0 spiro atoms. The first-order chi connectivity index (χ1) is 9.99. The predicted octanol–water partition coefficient (Wildman–Crippen LogP) is 0.812. The number of hydrogen-bond donors (Lipinski definition) is 1. The summed E-state index contributed by atoms with van der Waals surface area (Å²) in [4.78, 5) is 29.9. The van der Waals surface area contributed by atoms with Gasteiger partial charge in [-0.25, -0.2) is 4.98 Å². The van der Waals surface area contributed by atoms with Gasteiger partial charge in [-0.2, -0.15) is 0 Å². The van der Waals surface area contributed by atoms with E-state index in [1.54, 1.807) is 18.1 Å². The van der Waals surface area contributed by atoms with E-state index in [1.807, 2.05) is 13.1 Å². The normalized spacial score (nSPS) is 20.4. The Balaban J connectivity index is 1.80. The monoisotopic (exact) mass is 292 g/mol. The molecule has 116 valence electrons. The second-order valence-corrected chi connectivity index (χ2v) is 5.93. The molecule has 1 aliphatic rings. The average Bonchev–Trinajstić information content (AvgIpc) is 2.84. The van der Waals surface area contributed by atoms with E-state index in [0.29, 0.717) is 18.9 Å². The zero-order valence-corrected chi connectivity index (χ0v) is 13.0. The average molecular weight is 292 g/mol. The van der Waals surface area contributed by atoms with Crippen LogP contribution in [0.15, 0.2) is 12.4 Å². The number of likely N-dealkylation sites (tertiary alicyclic amines) is 1. The highest BCUT2D eigenvalue weighted by atomic mass is 16.2. The fraction of sp³-hybridized carbons (Fsp3) is 0.667. The van der Waals surface area contributed by atoms with Crippen LogP contribution in [0.25, 0.3) is 0 Å². The van der Waals surface area contributed by atoms with Crippen molar-refractivity contribution in [2.45, 2.75) is 33.2 Å². The van der Waals surface area contributed by atoms with Crippen LogP contribution in [0.2, 0.25) is 0 Å². The lowest BCUT2D eigenvalue weighted by Crippen LogP contribution is -2.46. The summed E-state index contributed by atoms with van der Waals surface area (Å²) in [5.74, 6) is 0.555. The van der Waals surface area contributed by atoms with Gasteiger partial charge in [-0.15, -0.1) is 0 Å². The Morgan fingerprint density at radius 2 is 2.33 bits per heavy atom. The van der Waals surface area contributed by atoms with Crippen molar-refractivity contribution in [1.82, 2.24) is 19.8 Å². The molecule has 6 nitrogen and oxygen atoms in total. The maximum Gasteiger partial charge on any atom is 0.234 e. The molecule has 1 saturated heterocycles. The van der Waals surface area contributed by atoms with Crippen LogP contribution in [-0.2, 0) is 16.1 Å². The van der Waals surface area contributed by atoms with E-state index in [4.69, 9.17) is 0 Å². The first-order valence-electron chi connectivity index (χ1n) is 7.49. The maximum absolute atomic E-state index is 12.2. The minimum Gasteiger partial charge on any atom is -0.355 e. The van der Waals surface area contributed by atoms with Gasteiger partial charge in [0.05, 0.1) is 0 Å². The van der Waals surface area contributed by atoms with Crippen molar-refractivity contribution in [2.75, 3.05) is 20.1 Å². The number of nitrogens with zero attached hydrogens (tertiary/aromatic N) is 3. The van der Waals surface area contributed by atoms with Gasteiger partial charge in [-0.3, -0.25) is 9.59 Å². The molecule has 1 N–H and O–H groups in total. The van der Waals surface area contributed by atoms with Crippen LogP contribution in [-0.4, -0.2) is 46.4 Å². The van der Waals surface area contributed by atoms with Crippen LogP contribution in [0.4, 0.5) is 0 Å². The quantitative estimate of drug-likeness (QED) is 0.817. The molecular formula is C15H24N4O2. The SMILES string of the molecule is Cc1nccn1CC(C)CNC(=O)C1CCCN(C)C1=O. The molecule has 21 heavy (non-hydrogen) atoms. The Morgan fingerprint density at radius 1 is 1.57 bits per heavy atom. The van der Waals surface area contributed by atoms with E-state index in [2.05, 4.69) is 21.8 Å². The molecule has 2 unspecified atom stereocenters. The summed E-state index contributed by atoms with van der Waals surface area (Å²) in [6, 6.07) is 0. The van der Waals surface area contributed by atoms with Crippen LogP contribution in [0.5, 0.6) is 0 Å². The second kappa shape index (κ2) is 6.74. The summed E-state index contributed by atoms with van der Waals surface area (Å²) in [6.45, 7) is 6.17. The first-order valence-corrected chi connectivity index (χ1v) is 7.49. The highest BCUT2D eigenvalue weighted by Crippen LogP contribution is 2.16. The molecule has 1 aromatic heterocycles. The number of amides is 2. The van der Waals surface area contributed by atoms with E-state index in [9.17, 15) is 9.59 Å². The van der Waals surface area contributed by atoms with E-state index in [0.717, 1.165) is 25.3 Å². The number of carbonyl (C=O) groups excluding carboxylic acids is 2. The van der Waals surface area contributed by atoms with Crippen molar-refractivity contribution in [3.8, 4) is 0 Å². The van der Waals surface area contributed by atoms with Gasteiger partial charge in [0.25, 0.3) is 0 Å². The van der Waals surface area contributed by atoms with Crippen molar-refractivity contribution < 1.29 is 9.59 Å². The fourth-order valence-electron chi connectivity index (χ4n) is 2.67. The Kier molecular flexibility index (Phi) is 4.98. The lowest BCUT2D eigenvalue weighted by Gasteiger charge is -2.28. The maximum atomic E-state index is 12.2. The molecule has 1 aromatic rings. The molecule has 1 fully saturated rings. The molecule has 2 atom stereocenters. The summed E-state index contributed by atoms with van der Waals surface area (Å²) in [5.41, 5.74) is 0. The Morgan fingerprint density at radius 3 is 3.00 bits per heavy atom. The van der Waals surface area contributed by atoms with Gasteiger partial charge in [-0.05, 0) is 25.7 Å². The third-order valence-electron chi connectivity index (χ3n) is 4.03. The van der Waals surface area contributed by atoms with Gasteiger partial charge in [0, 0.05) is 39.1 Å². The molecule has 0 radical (unpaired) electrons. The second-order valence-electron chi connectivity index (χ2n) is 5.93. The van der Waals surface area contributed by atoms with Gasteiger partial charge < -0.3 is 14.8 Å². The van der Waals surface area contributed by atoms with Crippen molar-refractivity contribution in [3.63, 3.8) is 0 Å². The van der Waals surface area contributed by atoms with Gasteiger partial charge in [0.2, 0.25) is 11.8 Å². The van der Waals surface area contributed by atoms with E-state index in [-0.39, 0.29) is 11.8 Å². The zero-order chi connectivity index (χ0) is 15.4. The number of nitrogens with one attached hydrogen (secondary N) is 1. The molecule has 6 heteroatoms. The largest absolute Gasteiger partial charge is 0.355 e. The summed E-state index contributed by atoms with van der Waals surface area (Å²) in [6.07, 6.45) is 5.26. The van der Waals surface area contributed by atoms with Crippen molar-refractivity contribution in [1.29, 1.82) is 0 Å². The van der Waals surface area contributed by atoms with Crippen molar-refractivity contribution >= 4 is 11.8 Å². The Hall–Kier alpha value is -1.85. The first kappa shape index (κ1) is 15.5. The molecule has 2 rings (SSSR count). The minimum absolute atomic E-state index is 0.0585. The summed E-state index contributed by atoms with van der Waals surface area (Å²) in [7, 11) is 1.76. The molecular weight excluding hydrogens is 268 g/mol. The lowest BCUT2D eigenvalue weighted by atomic mass is 9.96. The van der Waals surface area contributed by atoms with Gasteiger partial charge in [0.15, 0.2) is 0 Å². The van der Waals surface area contributed by atoms with E-state index >= 15 is 0 Å². The number of piperidine rings is 1. The molecule has 2 amide bonds. The van der Waals surface area contributed by atoms with Gasteiger partial charge in [0.1, 0.15) is 11.7 Å². The van der Waals surface area contributed by atoms with Crippen molar-refractivity contribution in [2.24, 2.45) is 11.8 Å². The number of imidazole rings is 1. The van der Waals surface area contributed by atoms with Crippen LogP contribution in [0, 0.1) is 18.8 Å². The topological polar surface area (TPSA) is 67.2 Å². The zero-order valence-electron chi connectivity index (χ0n) is 13.0. The number of aryl methyl sites for hydroxylation is 1. The standard InChI is InChI=1S/C15H24N4O2/c1-11(10-19-8-6-16-12(19)2)9-17-14(20)13-5-4-7-18(3)15(13)21/h6,8,11,13H,4-5,7,9-10H2,1-3H3,(H,17,20). The minimum atomic E-state index is -0.508. The summed E-state index contributed by atoms with van der Waals surface area (Å²) in [5, 5.41) is 2.91. The third-order valence-corrected chi connectivity index (χ3v) is 4.03. The Labute approximate surface area is 125 Å². The number of rotatable bonds is 5. The van der Waals surface area contributed by atoms with Crippen LogP contribution in [0.1, 0.15) is 25.6 Å². The Bertz CT molecular complexity index is 512. The molecule has 1 aliphatic heterocycles. The fourth-order valence-corrected chi connectivity index (χ4v) is 2.67. The molecule has 0 bridgehead atoms. The number of carbonyl (C=O) groups is 2.